The van der Waals surface area contributed by atoms with Crippen molar-refractivity contribution < 1.29 is 9.53 Å². The highest BCUT2D eigenvalue weighted by atomic mass is 35.5. The Kier molecular flexibility index (Phi) is 4.68. The van der Waals surface area contributed by atoms with Crippen LogP contribution >= 0.6 is 11.6 Å². The Labute approximate surface area is 140 Å². The fraction of sp³-hybridized carbons (Fsp3) is 0.412. The van der Waals surface area contributed by atoms with Gasteiger partial charge in [-0.15, -0.1) is 0 Å². The number of likely N-dealkylation sites (tertiary alicyclic amines) is 1. The molecule has 1 aliphatic rings. The number of hydrogen-bond acceptors (Lipinski definition) is 4. The normalized spacial score (nSPS) is 18.3. The third kappa shape index (κ3) is 3.41. The zero-order chi connectivity index (χ0) is 16.4. The number of nitrogens with zero attached hydrogens (tertiary/aromatic N) is 3. The van der Waals surface area contributed by atoms with Crippen LogP contribution in [0.15, 0.2) is 30.5 Å². The molecule has 1 aromatic heterocycles. The lowest BCUT2D eigenvalue weighted by Crippen LogP contribution is -2.23. The van der Waals surface area contributed by atoms with E-state index >= 15 is 0 Å². The van der Waals surface area contributed by atoms with Crippen molar-refractivity contribution in [3.8, 4) is 11.3 Å². The van der Waals surface area contributed by atoms with Crippen LogP contribution in [-0.4, -0.2) is 40.8 Å². The van der Waals surface area contributed by atoms with Gasteiger partial charge in [-0.1, -0.05) is 29.8 Å². The number of esters is 1. The number of aromatic nitrogens is 2. The molecule has 23 heavy (non-hydrogen) atoms. The first-order chi connectivity index (χ1) is 11.1. The van der Waals surface area contributed by atoms with Crippen LogP contribution in [0.5, 0.6) is 0 Å². The van der Waals surface area contributed by atoms with Crippen molar-refractivity contribution in [2.24, 2.45) is 13.0 Å². The molecule has 122 valence electrons. The number of methoxy groups -OCH3 is 1. The van der Waals surface area contributed by atoms with E-state index in [1.165, 1.54) is 7.11 Å². The van der Waals surface area contributed by atoms with E-state index in [0.29, 0.717) is 5.02 Å². The zero-order valence-corrected chi connectivity index (χ0v) is 14.1. The van der Waals surface area contributed by atoms with Crippen LogP contribution < -0.4 is 0 Å². The van der Waals surface area contributed by atoms with Crippen molar-refractivity contribution in [3.63, 3.8) is 0 Å². The summed E-state index contributed by atoms with van der Waals surface area (Å²) in [7, 11) is 3.35. The SMILES string of the molecule is COC(=O)C1CCN(Cc2cn(C)nc2-c2ccccc2Cl)C1. The molecule has 1 fully saturated rings. The highest BCUT2D eigenvalue weighted by Gasteiger charge is 2.29. The van der Waals surface area contributed by atoms with Crippen molar-refractivity contribution >= 4 is 17.6 Å². The Hall–Kier alpha value is -1.85. The van der Waals surface area contributed by atoms with E-state index in [1.807, 2.05) is 42.2 Å². The number of ether oxygens (including phenoxy) is 1. The second-order valence-electron chi connectivity index (χ2n) is 5.90. The number of hydrogen-bond donors (Lipinski definition) is 0. The van der Waals surface area contributed by atoms with Crippen LogP contribution in [0.1, 0.15) is 12.0 Å². The van der Waals surface area contributed by atoms with Gasteiger partial charge in [0.1, 0.15) is 0 Å². The molecule has 1 atom stereocenters. The Morgan fingerprint density at radius 2 is 2.22 bits per heavy atom. The number of carbonyl (C=O) groups is 1. The Morgan fingerprint density at radius 1 is 1.43 bits per heavy atom. The monoisotopic (exact) mass is 333 g/mol. The standard InChI is InChI=1S/C17H20ClN3O2/c1-20-9-13(11-21-8-7-12(10-21)17(22)23-2)16(19-20)14-5-3-4-6-15(14)18/h3-6,9,12H,7-8,10-11H2,1-2H3. The third-order valence-corrected chi connectivity index (χ3v) is 4.56. The molecular weight excluding hydrogens is 314 g/mol. The first-order valence-electron chi connectivity index (χ1n) is 7.66. The van der Waals surface area contributed by atoms with Gasteiger partial charge >= 0.3 is 5.97 Å². The average Bonchev–Trinajstić information content (AvgIpc) is 3.14. The zero-order valence-electron chi connectivity index (χ0n) is 13.3. The summed E-state index contributed by atoms with van der Waals surface area (Å²) in [6, 6.07) is 7.73. The average molecular weight is 334 g/mol. The summed E-state index contributed by atoms with van der Waals surface area (Å²) in [5, 5.41) is 5.26. The molecule has 0 N–H and O–H groups in total. The van der Waals surface area contributed by atoms with Gasteiger partial charge in [-0.3, -0.25) is 14.4 Å². The maximum Gasteiger partial charge on any atom is 0.310 e. The molecule has 2 aromatic rings. The molecule has 1 aromatic carbocycles. The van der Waals surface area contributed by atoms with Crippen LogP contribution in [0.2, 0.25) is 5.02 Å². The van der Waals surface area contributed by atoms with Gasteiger partial charge in [-0.25, -0.2) is 0 Å². The van der Waals surface area contributed by atoms with Gasteiger partial charge in [0.15, 0.2) is 0 Å². The quantitative estimate of drug-likeness (QED) is 0.807. The van der Waals surface area contributed by atoms with E-state index in [4.69, 9.17) is 16.3 Å². The van der Waals surface area contributed by atoms with Crippen molar-refractivity contribution in [2.75, 3.05) is 20.2 Å². The van der Waals surface area contributed by atoms with E-state index in [1.54, 1.807) is 0 Å². The van der Waals surface area contributed by atoms with Crippen LogP contribution in [0.25, 0.3) is 11.3 Å². The summed E-state index contributed by atoms with van der Waals surface area (Å²) < 4.78 is 6.65. The lowest BCUT2D eigenvalue weighted by atomic mass is 10.1. The molecule has 0 saturated carbocycles. The smallest absolute Gasteiger partial charge is 0.310 e. The minimum absolute atomic E-state index is 0.0274. The molecule has 1 aliphatic heterocycles. The summed E-state index contributed by atoms with van der Waals surface area (Å²) in [6.07, 6.45) is 2.86. The Balaban J connectivity index is 1.80. The molecule has 0 amide bonds. The summed E-state index contributed by atoms with van der Waals surface area (Å²) in [6.45, 7) is 2.36. The van der Waals surface area contributed by atoms with E-state index in [0.717, 1.165) is 42.9 Å². The van der Waals surface area contributed by atoms with Gasteiger partial charge in [0, 0.05) is 37.5 Å². The van der Waals surface area contributed by atoms with Gasteiger partial charge in [0.25, 0.3) is 0 Å². The van der Waals surface area contributed by atoms with E-state index in [9.17, 15) is 4.79 Å². The van der Waals surface area contributed by atoms with Crippen molar-refractivity contribution in [1.29, 1.82) is 0 Å². The third-order valence-electron chi connectivity index (χ3n) is 4.23. The number of rotatable bonds is 4. The van der Waals surface area contributed by atoms with Gasteiger partial charge in [0.2, 0.25) is 0 Å². The summed E-state index contributed by atoms with van der Waals surface area (Å²) in [4.78, 5) is 13.9. The van der Waals surface area contributed by atoms with Crippen LogP contribution in [0, 0.1) is 5.92 Å². The molecule has 6 heteroatoms. The van der Waals surface area contributed by atoms with Gasteiger partial charge in [-0.2, -0.15) is 5.10 Å². The maximum atomic E-state index is 11.7. The van der Waals surface area contributed by atoms with Crippen molar-refractivity contribution in [2.45, 2.75) is 13.0 Å². The number of aryl methyl sites for hydroxylation is 1. The lowest BCUT2D eigenvalue weighted by molar-refractivity contribution is -0.144. The molecule has 0 radical (unpaired) electrons. The van der Waals surface area contributed by atoms with Crippen LogP contribution in [0.4, 0.5) is 0 Å². The fourth-order valence-corrected chi connectivity index (χ4v) is 3.33. The highest BCUT2D eigenvalue weighted by molar-refractivity contribution is 6.33. The predicted molar refractivity (Wildman–Crippen MR) is 89.1 cm³/mol. The van der Waals surface area contributed by atoms with Crippen LogP contribution in [-0.2, 0) is 23.1 Å². The summed E-state index contributed by atoms with van der Waals surface area (Å²) in [5.41, 5.74) is 2.96. The Morgan fingerprint density at radius 3 is 2.96 bits per heavy atom. The highest BCUT2D eigenvalue weighted by Crippen LogP contribution is 2.30. The molecule has 1 saturated heterocycles. The van der Waals surface area contributed by atoms with Crippen molar-refractivity contribution in [1.82, 2.24) is 14.7 Å². The molecule has 0 bridgehead atoms. The number of halogens is 1. The molecule has 3 rings (SSSR count). The molecule has 5 nitrogen and oxygen atoms in total. The fourth-order valence-electron chi connectivity index (χ4n) is 3.11. The first-order valence-corrected chi connectivity index (χ1v) is 8.04. The second kappa shape index (κ2) is 6.72. The molecule has 0 aliphatic carbocycles. The number of benzene rings is 1. The first kappa shape index (κ1) is 16.0. The number of carbonyl (C=O) groups excluding carboxylic acids is 1. The molecule has 2 heterocycles. The van der Waals surface area contributed by atoms with Crippen LogP contribution in [0.3, 0.4) is 0 Å². The predicted octanol–water partition coefficient (Wildman–Crippen LogP) is 2.74. The van der Waals surface area contributed by atoms with Crippen molar-refractivity contribution in [3.05, 3.63) is 41.0 Å². The summed E-state index contributed by atoms with van der Waals surface area (Å²) >= 11 is 6.32. The second-order valence-corrected chi connectivity index (χ2v) is 6.31. The molecule has 0 spiro atoms. The minimum Gasteiger partial charge on any atom is -0.469 e. The molecule has 1 unspecified atom stereocenters. The van der Waals surface area contributed by atoms with E-state index in [-0.39, 0.29) is 11.9 Å². The largest absolute Gasteiger partial charge is 0.469 e. The van der Waals surface area contributed by atoms with Gasteiger partial charge < -0.3 is 4.74 Å². The van der Waals surface area contributed by atoms with Gasteiger partial charge in [0.05, 0.1) is 23.7 Å². The summed E-state index contributed by atoms with van der Waals surface area (Å²) in [5.74, 6) is -0.148. The lowest BCUT2D eigenvalue weighted by Gasteiger charge is -2.15. The van der Waals surface area contributed by atoms with E-state index in [2.05, 4.69) is 10.00 Å². The Bertz CT molecular complexity index is 714. The minimum atomic E-state index is -0.120. The van der Waals surface area contributed by atoms with Gasteiger partial charge in [-0.05, 0) is 19.0 Å². The molecular formula is C17H20ClN3O2. The maximum absolute atomic E-state index is 11.7. The topological polar surface area (TPSA) is 47.4 Å². The van der Waals surface area contributed by atoms with E-state index < -0.39 is 0 Å².